The second kappa shape index (κ2) is 17.5. The molecule has 8 rings (SSSR count). The van der Waals surface area contributed by atoms with Crippen LogP contribution in [0.2, 0.25) is 5.02 Å². The quantitative estimate of drug-likeness (QED) is 0.0731. The summed E-state index contributed by atoms with van der Waals surface area (Å²) in [5.74, 6) is -0.463. The van der Waals surface area contributed by atoms with E-state index in [0.29, 0.717) is 24.5 Å². The highest BCUT2D eigenvalue weighted by molar-refractivity contribution is 7.90. The van der Waals surface area contributed by atoms with Crippen LogP contribution in [0.1, 0.15) is 46.8 Å². The molecule has 4 heterocycles. The first kappa shape index (κ1) is 40.5. The van der Waals surface area contributed by atoms with E-state index in [0.717, 1.165) is 100 Å². The Morgan fingerprint density at radius 1 is 1.00 bits per heavy atom. The van der Waals surface area contributed by atoms with Gasteiger partial charge in [0, 0.05) is 106 Å². The summed E-state index contributed by atoms with van der Waals surface area (Å²) in [4.78, 5) is 41.7. The highest BCUT2D eigenvalue weighted by atomic mass is 35.5. The van der Waals surface area contributed by atoms with Crippen LogP contribution in [0, 0.1) is 10.1 Å². The average molecular weight is 842 g/mol. The summed E-state index contributed by atoms with van der Waals surface area (Å²) in [6.45, 7) is 7.90. The van der Waals surface area contributed by atoms with Crippen molar-refractivity contribution >= 4 is 55.6 Å². The molecule has 1 aliphatic carbocycles. The zero-order chi connectivity index (χ0) is 41.1. The summed E-state index contributed by atoms with van der Waals surface area (Å²) in [6.07, 6.45) is 7.60. The van der Waals surface area contributed by atoms with E-state index in [1.54, 1.807) is 30.5 Å². The minimum Gasteiger partial charge on any atom is -0.455 e. The zero-order valence-electron chi connectivity index (χ0n) is 32.9. The van der Waals surface area contributed by atoms with Gasteiger partial charge in [-0.2, -0.15) is 0 Å². The lowest BCUT2D eigenvalue weighted by Gasteiger charge is -2.40. The number of carbonyl (C=O) groups is 1. The minimum atomic E-state index is -4.55. The lowest BCUT2D eigenvalue weighted by Crippen LogP contribution is -2.47. The van der Waals surface area contributed by atoms with Gasteiger partial charge in [-0.05, 0) is 79.9 Å². The Balaban J connectivity index is 1.00. The number of fused-ring (bicyclic) bond motifs is 2. The molecule has 3 N–H and O–H groups in total. The van der Waals surface area contributed by atoms with Crippen molar-refractivity contribution in [2.75, 3.05) is 82.7 Å². The number of halogens is 1. The van der Waals surface area contributed by atoms with Crippen LogP contribution >= 0.6 is 11.6 Å². The van der Waals surface area contributed by atoms with Crippen molar-refractivity contribution in [1.82, 2.24) is 29.4 Å². The number of hydrogen-bond acceptors (Lipinski definition) is 12. The second-order valence-electron chi connectivity index (χ2n) is 15.4. The predicted octanol–water partition coefficient (Wildman–Crippen LogP) is 6.28. The monoisotopic (exact) mass is 841 g/mol. The third-order valence-electron chi connectivity index (χ3n) is 11.6. The number of anilines is 2. The van der Waals surface area contributed by atoms with Crippen molar-refractivity contribution in [3.63, 3.8) is 0 Å². The predicted molar refractivity (Wildman–Crippen MR) is 228 cm³/mol. The number of sulfonamides is 1. The lowest BCUT2D eigenvalue weighted by atomic mass is 9.97. The highest BCUT2D eigenvalue weighted by Crippen LogP contribution is 2.38. The molecule has 0 spiro atoms. The number of nitrogens with one attached hydrogen (secondary N) is 3. The Labute approximate surface area is 348 Å². The second-order valence-corrected chi connectivity index (χ2v) is 17.5. The largest absolute Gasteiger partial charge is 0.455 e. The molecule has 310 valence electrons. The van der Waals surface area contributed by atoms with Gasteiger partial charge < -0.3 is 24.8 Å². The summed E-state index contributed by atoms with van der Waals surface area (Å²) in [6, 6.07) is 18.8. The number of benzene rings is 3. The lowest BCUT2D eigenvalue weighted by molar-refractivity contribution is -0.384. The normalized spacial score (nSPS) is 18.3. The molecule has 1 unspecified atom stereocenters. The van der Waals surface area contributed by atoms with E-state index >= 15 is 0 Å². The molecule has 0 saturated carbocycles. The molecule has 59 heavy (non-hydrogen) atoms. The van der Waals surface area contributed by atoms with Crippen molar-refractivity contribution in [3.05, 3.63) is 111 Å². The fourth-order valence-electron chi connectivity index (χ4n) is 8.33. The van der Waals surface area contributed by atoms with E-state index in [-0.39, 0.29) is 23.0 Å². The van der Waals surface area contributed by atoms with E-state index in [1.807, 2.05) is 18.2 Å². The van der Waals surface area contributed by atoms with Crippen LogP contribution in [0.25, 0.3) is 11.0 Å². The Kier molecular flexibility index (Phi) is 12.0. The number of aromatic amines is 1. The molecular formula is C42H48ClN9O6S. The van der Waals surface area contributed by atoms with Gasteiger partial charge >= 0.3 is 0 Å². The fourth-order valence-corrected chi connectivity index (χ4v) is 9.60. The number of nitrogens with zero attached hydrogens (tertiary/aromatic N) is 6. The maximum Gasteiger partial charge on any atom is 0.293 e. The van der Waals surface area contributed by atoms with Crippen LogP contribution < -0.4 is 19.7 Å². The molecule has 2 aromatic heterocycles. The third kappa shape index (κ3) is 9.16. The van der Waals surface area contributed by atoms with Crippen LogP contribution in [-0.2, 0) is 16.4 Å². The van der Waals surface area contributed by atoms with Crippen LogP contribution in [0.15, 0.2) is 84.0 Å². The number of pyridine rings is 1. The molecule has 1 amide bonds. The van der Waals surface area contributed by atoms with Crippen molar-refractivity contribution in [2.24, 2.45) is 0 Å². The summed E-state index contributed by atoms with van der Waals surface area (Å²) in [5, 5.41) is 16.8. The summed E-state index contributed by atoms with van der Waals surface area (Å²) in [7, 11) is -2.48. The summed E-state index contributed by atoms with van der Waals surface area (Å²) >= 11 is 6.65. The summed E-state index contributed by atoms with van der Waals surface area (Å²) < 4.78 is 35.8. The zero-order valence-corrected chi connectivity index (χ0v) is 34.5. The van der Waals surface area contributed by atoms with Gasteiger partial charge in [-0.1, -0.05) is 30.2 Å². The molecule has 1 atom stereocenters. The smallest absolute Gasteiger partial charge is 0.293 e. The van der Waals surface area contributed by atoms with Crippen molar-refractivity contribution in [1.29, 1.82) is 0 Å². The number of amides is 1. The van der Waals surface area contributed by atoms with Gasteiger partial charge in [0.25, 0.3) is 21.6 Å². The maximum atomic E-state index is 13.9. The number of piperazine rings is 2. The number of hydrogen-bond donors (Lipinski definition) is 3. The fraction of sp³-hybridized carbons (Fsp3) is 0.381. The van der Waals surface area contributed by atoms with Gasteiger partial charge in [0.2, 0.25) is 0 Å². The number of H-pyrrole nitrogens is 1. The van der Waals surface area contributed by atoms with Crippen LogP contribution in [-0.4, -0.2) is 116 Å². The molecule has 0 bridgehead atoms. The number of ether oxygens (including phenoxy) is 1. The molecule has 5 aromatic rings. The minimum absolute atomic E-state index is 0.0336. The van der Waals surface area contributed by atoms with E-state index in [1.165, 1.54) is 29.5 Å². The number of nitro groups is 1. The van der Waals surface area contributed by atoms with Gasteiger partial charge in [-0.3, -0.25) is 24.7 Å². The van der Waals surface area contributed by atoms with E-state index in [2.05, 4.69) is 52.7 Å². The Hall–Kier alpha value is -5.26. The van der Waals surface area contributed by atoms with Gasteiger partial charge in [-0.15, -0.1) is 0 Å². The topological polar surface area (TPSA) is 169 Å². The molecular weight excluding hydrogens is 794 g/mol. The third-order valence-corrected chi connectivity index (χ3v) is 13.3. The molecule has 3 aromatic carbocycles. The molecule has 15 nitrogen and oxygen atoms in total. The number of aromatic nitrogens is 2. The maximum absolute atomic E-state index is 13.9. The number of nitro benzene ring substituents is 1. The Morgan fingerprint density at radius 2 is 1.81 bits per heavy atom. The molecule has 3 aliphatic rings. The van der Waals surface area contributed by atoms with Crippen LogP contribution in [0.5, 0.6) is 11.5 Å². The number of likely N-dealkylation sites (N-methyl/N-ethyl adjacent to an activating group) is 1. The molecule has 17 heteroatoms. The van der Waals surface area contributed by atoms with E-state index in [9.17, 15) is 23.3 Å². The van der Waals surface area contributed by atoms with Crippen molar-refractivity contribution < 1.29 is 22.9 Å². The van der Waals surface area contributed by atoms with Gasteiger partial charge in [0.15, 0.2) is 0 Å². The standard InChI is InChI=1S/C42H48ClN9O6S/c1-48-17-19-49(20-18-48)16-15-44-37-12-10-32(27-39(37)52(54)55)59(56,57)47-42(53)35-11-9-30(26-40(35)58-31-25-29-13-14-45-41(29)46-28-31)50-21-23-51(24-22-50)38-8-3-2-5-33-34(38)6-4-7-36(33)43/h4,6-7,9-14,25-28,38,44H,2-3,5,8,15-24H2,1H3,(H,45,46)(H,47,53). The Bertz CT molecular complexity index is 2450. The molecule has 0 radical (unpaired) electrons. The number of carbonyl (C=O) groups excluding carboxylic acids is 1. The number of rotatable bonds is 12. The molecule has 2 saturated heterocycles. The molecule has 2 aliphatic heterocycles. The SMILES string of the molecule is CN1CCN(CCNc2ccc(S(=O)(=O)NC(=O)c3ccc(N4CCN(C5CCCCc6c(Cl)cccc65)CC4)cc3Oc3cnc4[nH]ccc4c3)cc2[N+](=O)[O-])CC1. The van der Waals surface area contributed by atoms with Gasteiger partial charge in [0.05, 0.1) is 21.6 Å². The van der Waals surface area contributed by atoms with Gasteiger partial charge in [-0.25, -0.2) is 18.1 Å². The van der Waals surface area contributed by atoms with Crippen LogP contribution in [0.3, 0.4) is 0 Å². The Morgan fingerprint density at radius 3 is 2.61 bits per heavy atom. The van der Waals surface area contributed by atoms with Crippen molar-refractivity contribution in [3.8, 4) is 11.5 Å². The summed E-state index contributed by atoms with van der Waals surface area (Å²) in [5.41, 5.74) is 3.79. The van der Waals surface area contributed by atoms with E-state index in [4.69, 9.17) is 16.3 Å². The van der Waals surface area contributed by atoms with Crippen molar-refractivity contribution in [2.45, 2.75) is 36.6 Å². The van der Waals surface area contributed by atoms with Gasteiger partial charge in [0.1, 0.15) is 22.8 Å². The first-order valence-electron chi connectivity index (χ1n) is 20.0. The van der Waals surface area contributed by atoms with E-state index < -0.39 is 31.4 Å². The van der Waals surface area contributed by atoms with Crippen LogP contribution in [0.4, 0.5) is 17.1 Å². The average Bonchev–Trinajstić information content (AvgIpc) is 3.59. The highest BCUT2D eigenvalue weighted by Gasteiger charge is 2.30. The first-order valence-corrected chi connectivity index (χ1v) is 21.9. The molecule has 2 fully saturated rings. The first-order chi connectivity index (χ1) is 28.5.